The molecule has 22 heavy (non-hydrogen) atoms. The number of carbonyl (C=O) groups is 1. The van der Waals surface area contributed by atoms with E-state index >= 15 is 0 Å². The normalized spacial score (nSPS) is 21.6. The third-order valence-corrected chi connectivity index (χ3v) is 5.18. The first-order valence-corrected chi connectivity index (χ1v) is 8.63. The summed E-state index contributed by atoms with van der Waals surface area (Å²) in [4.78, 5) is 16.1. The second-order valence-electron chi connectivity index (χ2n) is 6.65. The van der Waals surface area contributed by atoms with Crippen molar-refractivity contribution in [2.75, 3.05) is 26.2 Å². The molecular formula is C18H26FN2O+. The lowest BCUT2D eigenvalue weighted by Crippen LogP contribution is -3.16. The quantitative estimate of drug-likeness (QED) is 0.887. The highest BCUT2D eigenvalue weighted by molar-refractivity contribution is 5.94. The summed E-state index contributed by atoms with van der Waals surface area (Å²) < 4.78 is 13.3. The molecule has 0 aromatic heterocycles. The third-order valence-electron chi connectivity index (χ3n) is 5.18. The van der Waals surface area contributed by atoms with Gasteiger partial charge in [-0.05, 0) is 43.9 Å². The first-order chi connectivity index (χ1) is 10.7. The van der Waals surface area contributed by atoms with Crippen LogP contribution in [-0.2, 0) is 0 Å². The summed E-state index contributed by atoms with van der Waals surface area (Å²) in [6, 6.07) is 6.74. The van der Waals surface area contributed by atoms with Crippen LogP contribution in [0.25, 0.3) is 0 Å². The van der Waals surface area contributed by atoms with Crippen LogP contribution in [0.5, 0.6) is 0 Å². The van der Waals surface area contributed by atoms with Gasteiger partial charge in [0.05, 0.1) is 19.1 Å². The predicted molar refractivity (Wildman–Crippen MR) is 84.5 cm³/mol. The van der Waals surface area contributed by atoms with Gasteiger partial charge in [0.2, 0.25) is 0 Å². The highest BCUT2D eigenvalue weighted by Gasteiger charge is 2.30. The number of carbonyl (C=O) groups excluding carboxylic acids is 1. The minimum Gasteiger partial charge on any atom is -0.338 e. The zero-order valence-electron chi connectivity index (χ0n) is 13.2. The van der Waals surface area contributed by atoms with Crippen LogP contribution in [0.3, 0.4) is 0 Å². The van der Waals surface area contributed by atoms with Gasteiger partial charge in [-0.25, -0.2) is 4.39 Å². The second-order valence-corrected chi connectivity index (χ2v) is 6.65. The molecule has 3 nitrogen and oxygen atoms in total. The molecule has 2 aliphatic heterocycles. The van der Waals surface area contributed by atoms with Crippen molar-refractivity contribution in [1.82, 2.24) is 4.90 Å². The van der Waals surface area contributed by atoms with Gasteiger partial charge in [0.25, 0.3) is 5.91 Å². The monoisotopic (exact) mass is 305 g/mol. The predicted octanol–water partition coefficient (Wildman–Crippen LogP) is 1.89. The molecule has 1 aromatic carbocycles. The average molecular weight is 305 g/mol. The van der Waals surface area contributed by atoms with E-state index in [1.807, 2.05) is 4.90 Å². The maximum absolute atomic E-state index is 13.3. The summed E-state index contributed by atoms with van der Waals surface area (Å²) >= 11 is 0. The van der Waals surface area contributed by atoms with Gasteiger partial charge in [-0.2, -0.15) is 0 Å². The van der Waals surface area contributed by atoms with Gasteiger partial charge in [-0.1, -0.05) is 6.07 Å². The number of likely N-dealkylation sites (tertiary alicyclic amines) is 2. The molecule has 0 saturated carbocycles. The summed E-state index contributed by atoms with van der Waals surface area (Å²) in [6.07, 6.45) is 7.60. The first kappa shape index (κ1) is 15.5. The number of benzene rings is 1. The van der Waals surface area contributed by atoms with Gasteiger partial charge in [0.1, 0.15) is 5.82 Å². The van der Waals surface area contributed by atoms with Crippen molar-refractivity contribution < 1.29 is 14.1 Å². The molecule has 2 fully saturated rings. The number of quaternary nitrogens is 1. The van der Waals surface area contributed by atoms with Gasteiger partial charge in [-0.3, -0.25) is 4.79 Å². The minimum atomic E-state index is -0.338. The molecule has 120 valence electrons. The van der Waals surface area contributed by atoms with Crippen LogP contribution < -0.4 is 4.90 Å². The van der Waals surface area contributed by atoms with Crippen LogP contribution in [0.1, 0.15) is 48.9 Å². The Balaban J connectivity index is 1.56. The number of nitrogens with one attached hydrogen (secondary N) is 1. The van der Waals surface area contributed by atoms with Crippen molar-refractivity contribution in [2.24, 2.45) is 0 Å². The Morgan fingerprint density at radius 2 is 1.77 bits per heavy atom. The fourth-order valence-electron chi connectivity index (χ4n) is 3.89. The van der Waals surface area contributed by atoms with Gasteiger partial charge in [0, 0.05) is 31.5 Å². The number of halogens is 1. The van der Waals surface area contributed by atoms with Crippen LogP contribution in [-0.4, -0.2) is 43.0 Å². The van der Waals surface area contributed by atoms with Crippen molar-refractivity contribution >= 4 is 5.91 Å². The average Bonchev–Trinajstić information content (AvgIpc) is 2.84. The molecule has 2 heterocycles. The standard InChI is InChI=1S/C18H25FN2O/c19-16-7-5-6-15(14-16)18(22)21-12-8-17(9-13-21)20-10-3-1-2-4-11-20/h5-7,14,17H,1-4,8-13H2/p+1. The zero-order chi connectivity index (χ0) is 15.4. The zero-order valence-corrected chi connectivity index (χ0v) is 13.2. The molecule has 0 aliphatic carbocycles. The van der Waals surface area contributed by atoms with Crippen molar-refractivity contribution in [3.8, 4) is 0 Å². The number of nitrogens with zero attached hydrogens (tertiary/aromatic N) is 1. The molecule has 0 radical (unpaired) electrons. The Labute approximate surface area is 132 Å². The molecule has 0 bridgehead atoms. The highest BCUT2D eigenvalue weighted by Crippen LogP contribution is 2.14. The third kappa shape index (κ3) is 3.67. The Hall–Kier alpha value is -1.42. The SMILES string of the molecule is O=C(c1cccc(F)c1)N1CCC([NH+]2CCCCCC2)CC1. The smallest absolute Gasteiger partial charge is 0.253 e. The van der Waals surface area contributed by atoms with E-state index in [1.54, 1.807) is 17.0 Å². The van der Waals surface area contributed by atoms with Crippen molar-refractivity contribution in [3.05, 3.63) is 35.6 Å². The van der Waals surface area contributed by atoms with Gasteiger partial charge in [-0.15, -0.1) is 0 Å². The number of hydrogen-bond donors (Lipinski definition) is 1. The maximum Gasteiger partial charge on any atom is 0.253 e. The van der Waals surface area contributed by atoms with Gasteiger partial charge >= 0.3 is 0 Å². The van der Waals surface area contributed by atoms with E-state index < -0.39 is 0 Å². The molecule has 1 amide bonds. The fraction of sp³-hybridized carbons (Fsp3) is 0.611. The summed E-state index contributed by atoms with van der Waals surface area (Å²) in [7, 11) is 0. The fourth-order valence-corrected chi connectivity index (χ4v) is 3.89. The van der Waals surface area contributed by atoms with Crippen LogP contribution >= 0.6 is 0 Å². The summed E-state index contributed by atoms with van der Waals surface area (Å²) in [5, 5.41) is 0. The van der Waals surface area contributed by atoms with Gasteiger partial charge in [0.15, 0.2) is 0 Å². The summed E-state index contributed by atoms with van der Waals surface area (Å²) in [6.45, 7) is 4.21. The molecule has 2 aliphatic rings. The summed E-state index contributed by atoms with van der Waals surface area (Å²) in [5.41, 5.74) is 0.473. The van der Waals surface area contributed by atoms with E-state index in [1.165, 1.54) is 50.9 Å². The number of amides is 1. The Morgan fingerprint density at radius 3 is 2.41 bits per heavy atom. The Morgan fingerprint density at radius 1 is 1.09 bits per heavy atom. The molecule has 3 rings (SSSR count). The Kier molecular flexibility index (Phi) is 5.08. The molecule has 0 spiro atoms. The molecule has 1 N–H and O–H groups in total. The number of hydrogen-bond acceptors (Lipinski definition) is 1. The molecule has 1 aromatic rings. The van der Waals surface area contributed by atoms with E-state index in [9.17, 15) is 9.18 Å². The van der Waals surface area contributed by atoms with E-state index in [0.29, 0.717) is 11.6 Å². The first-order valence-electron chi connectivity index (χ1n) is 8.63. The van der Waals surface area contributed by atoms with Crippen LogP contribution in [0.15, 0.2) is 24.3 Å². The minimum absolute atomic E-state index is 0.0242. The van der Waals surface area contributed by atoms with Crippen molar-refractivity contribution in [2.45, 2.75) is 44.6 Å². The van der Waals surface area contributed by atoms with Crippen LogP contribution in [0.2, 0.25) is 0 Å². The van der Waals surface area contributed by atoms with E-state index in [2.05, 4.69) is 0 Å². The maximum atomic E-state index is 13.3. The number of piperidine rings is 1. The molecule has 2 saturated heterocycles. The van der Waals surface area contributed by atoms with E-state index in [4.69, 9.17) is 0 Å². The highest BCUT2D eigenvalue weighted by atomic mass is 19.1. The summed E-state index contributed by atoms with van der Waals surface area (Å²) in [5.74, 6) is -0.362. The lowest BCUT2D eigenvalue weighted by atomic mass is 10.0. The molecule has 4 heteroatoms. The second kappa shape index (κ2) is 7.23. The van der Waals surface area contributed by atoms with E-state index in [-0.39, 0.29) is 11.7 Å². The van der Waals surface area contributed by atoms with Crippen LogP contribution in [0.4, 0.5) is 4.39 Å². The van der Waals surface area contributed by atoms with Gasteiger partial charge < -0.3 is 9.80 Å². The molecule has 0 atom stereocenters. The lowest BCUT2D eigenvalue weighted by Gasteiger charge is -2.36. The number of rotatable bonds is 2. The van der Waals surface area contributed by atoms with Crippen LogP contribution in [0, 0.1) is 5.82 Å². The Bertz CT molecular complexity index is 504. The topological polar surface area (TPSA) is 24.8 Å². The van der Waals surface area contributed by atoms with Crippen molar-refractivity contribution in [1.29, 1.82) is 0 Å². The lowest BCUT2D eigenvalue weighted by molar-refractivity contribution is -0.926. The molecule has 0 unspecified atom stereocenters. The van der Waals surface area contributed by atoms with Crippen molar-refractivity contribution in [3.63, 3.8) is 0 Å². The largest absolute Gasteiger partial charge is 0.338 e. The van der Waals surface area contributed by atoms with E-state index in [0.717, 1.165) is 25.9 Å². The molecular weight excluding hydrogens is 279 g/mol.